The molecule has 0 aromatic heterocycles. The highest BCUT2D eigenvalue weighted by atomic mass is 35.5. The monoisotopic (exact) mass is 311 g/mol. The first kappa shape index (κ1) is 14.8. The summed E-state index contributed by atoms with van der Waals surface area (Å²) in [5.41, 5.74) is 8.21. The van der Waals surface area contributed by atoms with Crippen LogP contribution in [0.2, 0.25) is 10.0 Å². The van der Waals surface area contributed by atoms with Gasteiger partial charge < -0.3 is 15.2 Å². The fourth-order valence-electron chi connectivity index (χ4n) is 1.89. The highest BCUT2D eigenvalue weighted by Crippen LogP contribution is 2.36. The summed E-state index contributed by atoms with van der Waals surface area (Å²) >= 11 is 12.2. The van der Waals surface area contributed by atoms with Gasteiger partial charge in [0.15, 0.2) is 5.75 Å². The second-order valence-electron chi connectivity index (χ2n) is 4.42. The van der Waals surface area contributed by atoms with Gasteiger partial charge in [-0.1, -0.05) is 34.8 Å². The molecule has 0 amide bonds. The Kier molecular flexibility index (Phi) is 4.63. The van der Waals surface area contributed by atoms with Gasteiger partial charge in [-0.2, -0.15) is 0 Å². The molecule has 2 rings (SSSR count). The maximum Gasteiger partial charge on any atom is 0.157 e. The number of rotatable bonds is 4. The van der Waals surface area contributed by atoms with Gasteiger partial charge in [0.05, 0.1) is 17.2 Å². The van der Waals surface area contributed by atoms with Crippen LogP contribution in [-0.2, 0) is 6.61 Å². The lowest BCUT2D eigenvalue weighted by atomic mass is 10.1. The lowest BCUT2D eigenvalue weighted by molar-refractivity contribution is 0.297. The van der Waals surface area contributed by atoms with Crippen LogP contribution >= 0.6 is 23.2 Å². The molecule has 0 saturated heterocycles. The molecule has 5 heteroatoms. The standard InChI is InChI=1S/C15H15Cl2NO2/c1-9-3-4-14(19-2)10(5-9)8-20-15-12(16)6-11(18)7-13(15)17/h3-7H,8,18H2,1-2H3. The van der Waals surface area contributed by atoms with E-state index in [1.54, 1.807) is 19.2 Å². The van der Waals surface area contributed by atoms with Crippen LogP contribution in [0.15, 0.2) is 30.3 Å². The second-order valence-corrected chi connectivity index (χ2v) is 5.23. The molecule has 0 heterocycles. The van der Waals surface area contributed by atoms with Crippen molar-refractivity contribution in [2.75, 3.05) is 12.8 Å². The molecule has 0 bridgehead atoms. The molecule has 0 aliphatic rings. The van der Waals surface area contributed by atoms with E-state index in [-0.39, 0.29) is 0 Å². The summed E-state index contributed by atoms with van der Waals surface area (Å²) in [6.45, 7) is 2.32. The van der Waals surface area contributed by atoms with Crippen LogP contribution < -0.4 is 15.2 Å². The lowest BCUT2D eigenvalue weighted by Crippen LogP contribution is -2.00. The number of hydrogen-bond donors (Lipinski definition) is 1. The van der Waals surface area contributed by atoms with Crippen LogP contribution in [0.25, 0.3) is 0 Å². The van der Waals surface area contributed by atoms with Gasteiger partial charge >= 0.3 is 0 Å². The molecule has 0 aliphatic carbocycles. The fourth-order valence-corrected chi connectivity index (χ4v) is 2.50. The summed E-state index contributed by atoms with van der Waals surface area (Å²) in [6.07, 6.45) is 0. The van der Waals surface area contributed by atoms with Crippen LogP contribution in [0.4, 0.5) is 5.69 Å². The molecule has 0 spiro atoms. The number of ether oxygens (including phenoxy) is 2. The van der Waals surface area contributed by atoms with Crippen molar-refractivity contribution in [2.45, 2.75) is 13.5 Å². The van der Waals surface area contributed by atoms with Crippen molar-refractivity contribution >= 4 is 28.9 Å². The first-order chi connectivity index (χ1) is 9.51. The molecule has 0 atom stereocenters. The van der Waals surface area contributed by atoms with Gasteiger partial charge in [-0.15, -0.1) is 0 Å². The Morgan fingerprint density at radius 1 is 1.10 bits per heavy atom. The quantitative estimate of drug-likeness (QED) is 0.847. The molecule has 0 saturated carbocycles. The number of benzene rings is 2. The molecule has 3 nitrogen and oxygen atoms in total. The number of nitrogen functional groups attached to an aromatic ring is 1. The van der Waals surface area contributed by atoms with Crippen LogP contribution in [0.3, 0.4) is 0 Å². The van der Waals surface area contributed by atoms with Crippen molar-refractivity contribution in [3.05, 3.63) is 51.5 Å². The second kappa shape index (κ2) is 6.25. The number of aryl methyl sites for hydroxylation is 1. The molecule has 2 N–H and O–H groups in total. The average Bonchev–Trinajstić information content (AvgIpc) is 2.37. The molecule has 2 aromatic rings. The third-order valence-corrected chi connectivity index (χ3v) is 3.39. The van der Waals surface area contributed by atoms with Gasteiger partial charge in [0.25, 0.3) is 0 Å². The van der Waals surface area contributed by atoms with E-state index in [0.29, 0.717) is 28.1 Å². The molecule has 20 heavy (non-hydrogen) atoms. The smallest absolute Gasteiger partial charge is 0.157 e. The summed E-state index contributed by atoms with van der Waals surface area (Å²) in [5, 5.41) is 0.781. The highest BCUT2D eigenvalue weighted by molar-refractivity contribution is 6.37. The fraction of sp³-hybridized carbons (Fsp3) is 0.200. The third kappa shape index (κ3) is 3.30. The van der Waals surface area contributed by atoms with Gasteiger partial charge in [0, 0.05) is 11.3 Å². The summed E-state index contributed by atoms with van der Waals surface area (Å²) in [7, 11) is 1.62. The summed E-state index contributed by atoms with van der Waals surface area (Å²) in [5.74, 6) is 1.18. The van der Waals surface area contributed by atoms with E-state index < -0.39 is 0 Å². The molecular formula is C15H15Cl2NO2. The summed E-state index contributed by atoms with van der Waals surface area (Å²) in [4.78, 5) is 0. The van der Waals surface area contributed by atoms with Crippen molar-refractivity contribution in [3.63, 3.8) is 0 Å². The van der Waals surface area contributed by atoms with Crippen molar-refractivity contribution in [1.29, 1.82) is 0 Å². The summed E-state index contributed by atoms with van der Waals surface area (Å²) < 4.78 is 11.0. The zero-order valence-electron chi connectivity index (χ0n) is 11.2. The van der Waals surface area contributed by atoms with Gasteiger partial charge in [-0.05, 0) is 31.2 Å². The lowest BCUT2D eigenvalue weighted by Gasteiger charge is -2.13. The van der Waals surface area contributed by atoms with E-state index in [4.69, 9.17) is 38.4 Å². The first-order valence-electron chi connectivity index (χ1n) is 6.02. The number of methoxy groups -OCH3 is 1. The van der Waals surface area contributed by atoms with E-state index in [0.717, 1.165) is 16.9 Å². The number of anilines is 1. The topological polar surface area (TPSA) is 44.5 Å². The minimum Gasteiger partial charge on any atom is -0.496 e. The van der Waals surface area contributed by atoms with Crippen molar-refractivity contribution < 1.29 is 9.47 Å². The third-order valence-electron chi connectivity index (χ3n) is 2.83. The van der Waals surface area contributed by atoms with Crippen molar-refractivity contribution in [3.8, 4) is 11.5 Å². The number of hydrogen-bond acceptors (Lipinski definition) is 3. The Bertz CT molecular complexity index is 606. The molecule has 106 valence electrons. The van der Waals surface area contributed by atoms with Crippen LogP contribution in [0, 0.1) is 6.92 Å². The van der Waals surface area contributed by atoms with E-state index >= 15 is 0 Å². The van der Waals surface area contributed by atoms with E-state index in [9.17, 15) is 0 Å². The maximum atomic E-state index is 6.09. The van der Waals surface area contributed by atoms with Gasteiger partial charge in [-0.3, -0.25) is 0 Å². The predicted octanol–water partition coefficient (Wildman–Crippen LogP) is 4.47. The Morgan fingerprint density at radius 2 is 1.75 bits per heavy atom. The zero-order chi connectivity index (χ0) is 14.7. The number of nitrogens with two attached hydrogens (primary N) is 1. The molecule has 0 fully saturated rings. The molecule has 0 radical (unpaired) electrons. The molecule has 0 aliphatic heterocycles. The SMILES string of the molecule is COc1ccc(C)cc1COc1c(Cl)cc(N)cc1Cl. The van der Waals surface area contributed by atoms with Crippen molar-refractivity contribution in [1.82, 2.24) is 0 Å². The van der Waals surface area contributed by atoms with E-state index in [1.165, 1.54) is 0 Å². The normalized spacial score (nSPS) is 10.4. The molecule has 0 unspecified atom stereocenters. The Hall–Kier alpha value is -1.58. The largest absolute Gasteiger partial charge is 0.496 e. The Labute approximate surface area is 128 Å². The average molecular weight is 312 g/mol. The van der Waals surface area contributed by atoms with E-state index in [1.807, 2.05) is 25.1 Å². The van der Waals surface area contributed by atoms with Gasteiger partial charge in [0.2, 0.25) is 0 Å². The number of halogens is 2. The minimum absolute atomic E-state index is 0.314. The first-order valence-corrected chi connectivity index (χ1v) is 6.77. The van der Waals surface area contributed by atoms with Gasteiger partial charge in [-0.25, -0.2) is 0 Å². The molecule has 2 aromatic carbocycles. The van der Waals surface area contributed by atoms with Crippen LogP contribution in [0.5, 0.6) is 11.5 Å². The zero-order valence-corrected chi connectivity index (χ0v) is 12.8. The predicted molar refractivity (Wildman–Crippen MR) is 82.9 cm³/mol. The molecular weight excluding hydrogens is 297 g/mol. The van der Waals surface area contributed by atoms with Gasteiger partial charge in [0.1, 0.15) is 12.4 Å². The Balaban J connectivity index is 2.23. The van der Waals surface area contributed by atoms with Crippen molar-refractivity contribution in [2.24, 2.45) is 0 Å². The minimum atomic E-state index is 0.314. The Morgan fingerprint density at radius 3 is 2.35 bits per heavy atom. The maximum absolute atomic E-state index is 6.09. The highest BCUT2D eigenvalue weighted by Gasteiger charge is 2.11. The van der Waals surface area contributed by atoms with E-state index in [2.05, 4.69) is 0 Å². The van der Waals surface area contributed by atoms with Crippen LogP contribution in [0.1, 0.15) is 11.1 Å². The summed E-state index contributed by atoms with van der Waals surface area (Å²) in [6, 6.07) is 9.09. The van der Waals surface area contributed by atoms with Crippen LogP contribution in [-0.4, -0.2) is 7.11 Å².